The van der Waals surface area contributed by atoms with E-state index in [0.29, 0.717) is 12.8 Å². The van der Waals surface area contributed by atoms with Crippen molar-refractivity contribution in [1.29, 1.82) is 0 Å². The molecule has 2 saturated heterocycles. The lowest BCUT2D eigenvalue weighted by molar-refractivity contribution is -0.144. The zero-order valence-corrected chi connectivity index (χ0v) is 30.4. The summed E-state index contributed by atoms with van der Waals surface area (Å²) in [6, 6.07) is 17.1. The van der Waals surface area contributed by atoms with Gasteiger partial charge in [0.05, 0.1) is 11.8 Å². The Hall–Kier alpha value is -2.78. The molecule has 0 aliphatic carbocycles. The summed E-state index contributed by atoms with van der Waals surface area (Å²) >= 11 is 0. The van der Waals surface area contributed by atoms with Gasteiger partial charge in [0, 0.05) is 39.3 Å². The van der Waals surface area contributed by atoms with E-state index in [0.717, 1.165) is 89.4 Å². The van der Waals surface area contributed by atoms with Crippen LogP contribution >= 0.6 is 0 Å². The molecule has 266 valence electrons. The summed E-state index contributed by atoms with van der Waals surface area (Å²) in [5.41, 5.74) is 4.91. The van der Waals surface area contributed by atoms with E-state index in [4.69, 9.17) is 0 Å². The quantitative estimate of drug-likeness (QED) is 0.169. The Kier molecular flexibility index (Phi) is 13.7. The minimum Gasteiger partial charge on any atom is -0.481 e. The maximum Gasteiger partial charge on any atom is 0.307 e. The molecule has 4 rings (SSSR count). The molecular formula is C40H62N4O4. The SMILES string of the molecule is CC(C)(C)CN(CCN(Cc1cccc(CC(C(=O)O)C2CCNC2)c1)CC(C)(C)C)Cc1cccc(CC(C(=O)O)C2CCNC2)c1. The number of hydrogen-bond acceptors (Lipinski definition) is 6. The highest BCUT2D eigenvalue weighted by molar-refractivity contribution is 5.71. The van der Waals surface area contributed by atoms with Gasteiger partial charge in [-0.2, -0.15) is 0 Å². The fourth-order valence-electron chi connectivity index (χ4n) is 7.74. The second-order valence-electron chi connectivity index (χ2n) is 17.0. The average molecular weight is 663 g/mol. The lowest BCUT2D eigenvalue weighted by atomic mass is 9.86. The van der Waals surface area contributed by atoms with Crippen LogP contribution in [-0.4, -0.2) is 84.3 Å². The molecule has 0 aromatic heterocycles. The minimum absolute atomic E-state index is 0.125. The summed E-state index contributed by atoms with van der Waals surface area (Å²) in [5.74, 6) is -1.75. The number of carboxylic acid groups (broad SMARTS) is 2. The smallest absolute Gasteiger partial charge is 0.307 e. The highest BCUT2D eigenvalue weighted by Gasteiger charge is 2.32. The first-order valence-corrected chi connectivity index (χ1v) is 18.1. The standard InChI is InChI=1S/C40H62N4O4/c1-39(2,3)27-43(25-31-11-7-9-29(19-31)21-35(37(45)46)33-13-15-41-23-33)17-18-44(28-40(4,5)6)26-32-12-8-10-30(20-32)22-36(38(47)48)34-14-16-42-24-34/h7-12,19-20,33-36,41-42H,13-18,21-28H2,1-6H3,(H,45,46)(H,47,48). The third-order valence-electron chi connectivity index (χ3n) is 9.80. The first-order valence-electron chi connectivity index (χ1n) is 18.1. The normalized spacial score (nSPS) is 20.0. The molecule has 2 fully saturated rings. The Balaban J connectivity index is 1.45. The van der Waals surface area contributed by atoms with Gasteiger partial charge < -0.3 is 20.8 Å². The number of hydrogen-bond donors (Lipinski definition) is 4. The van der Waals surface area contributed by atoms with Gasteiger partial charge in [-0.15, -0.1) is 0 Å². The van der Waals surface area contributed by atoms with Crippen LogP contribution in [0.15, 0.2) is 48.5 Å². The molecule has 0 spiro atoms. The fraction of sp³-hybridized carbons (Fsp3) is 0.650. The zero-order valence-electron chi connectivity index (χ0n) is 30.4. The second-order valence-corrected chi connectivity index (χ2v) is 17.0. The van der Waals surface area contributed by atoms with E-state index in [1.54, 1.807) is 0 Å². The molecule has 0 amide bonds. The highest BCUT2D eigenvalue weighted by Crippen LogP contribution is 2.27. The van der Waals surface area contributed by atoms with Gasteiger partial charge >= 0.3 is 11.9 Å². The van der Waals surface area contributed by atoms with E-state index in [1.807, 2.05) is 0 Å². The highest BCUT2D eigenvalue weighted by atomic mass is 16.4. The maximum absolute atomic E-state index is 12.2. The summed E-state index contributed by atoms with van der Waals surface area (Å²) in [7, 11) is 0. The van der Waals surface area contributed by atoms with E-state index in [9.17, 15) is 19.8 Å². The molecule has 4 N–H and O–H groups in total. The van der Waals surface area contributed by atoms with Crippen molar-refractivity contribution in [2.75, 3.05) is 52.4 Å². The van der Waals surface area contributed by atoms with Gasteiger partial charge in [0.2, 0.25) is 0 Å². The third kappa shape index (κ3) is 12.6. The van der Waals surface area contributed by atoms with Crippen LogP contribution in [0.3, 0.4) is 0 Å². The van der Waals surface area contributed by atoms with Crippen LogP contribution in [-0.2, 0) is 35.5 Å². The molecule has 8 heteroatoms. The van der Waals surface area contributed by atoms with Crippen molar-refractivity contribution in [2.45, 2.75) is 80.3 Å². The molecule has 2 aromatic rings. The first-order chi connectivity index (χ1) is 22.6. The van der Waals surface area contributed by atoms with Gasteiger partial charge in [0.1, 0.15) is 0 Å². The number of carbonyl (C=O) groups is 2. The average Bonchev–Trinajstić information content (AvgIpc) is 3.71. The number of nitrogens with one attached hydrogen (secondary N) is 2. The monoisotopic (exact) mass is 662 g/mol. The Morgan fingerprint density at radius 1 is 0.688 bits per heavy atom. The molecular weight excluding hydrogens is 600 g/mol. The minimum atomic E-state index is -0.694. The predicted octanol–water partition coefficient (Wildman–Crippen LogP) is 5.79. The molecule has 2 heterocycles. The molecule has 4 atom stereocenters. The van der Waals surface area contributed by atoms with Crippen molar-refractivity contribution < 1.29 is 19.8 Å². The van der Waals surface area contributed by atoms with Crippen molar-refractivity contribution in [3.05, 3.63) is 70.8 Å². The lowest BCUT2D eigenvalue weighted by Gasteiger charge is -2.35. The Morgan fingerprint density at radius 2 is 1.06 bits per heavy atom. The molecule has 8 nitrogen and oxygen atoms in total. The van der Waals surface area contributed by atoms with Gasteiger partial charge in [0.25, 0.3) is 0 Å². The van der Waals surface area contributed by atoms with Crippen molar-refractivity contribution in [3.63, 3.8) is 0 Å². The van der Waals surface area contributed by atoms with Crippen LogP contribution in [0.2, 0.25) is 0 Å². The van der Waals surface area contributed by atoms with Crippen LogP contribution in [0.25, 0.3) is 0 Å². The Morgan fingerprint density at radius 3 is 1.38 bits per heavy atom. The molecule has 0 radical (unpaired) electrons. The van der Waals surface area contributed by atoms with Crippen molar-refractivity contribution in [3.8, 4) is 0 Å². The number of aliphatic carboxylic acids is 2. The number of carboxylic acids is 2. The summed E-state index contributed by atoms with van der Waals surface area (Å²) in [4.78, 5) is 29.4. The van der Waals surface area contributed by atoms with Crippen LogP contribution in [0.1, 0.15) is 76.6 Å². The summed E-state index contributed by atoms with van der Waals surface area (Å²) in [5, 5.41) is 26.7. The van der Waals surface area contributed by atoms with Crippen LogP contribution in [0, 0.1) is 34.5 Å². The molecule has 2 aliphatic heterocycles. The summed E-state index contributed by atoms with van der Waals surface area (Å²) in [6.07, 6.45) is 2.98. The number of rotatable bonds is 17. The van der Waals surface area contributed by atoms with Crippen LogP contribution in [0.4, 0.5) is 0 Å². The Labute approximate surface area is 289 Å². The predicted molar refractivity (Wildman–Crippen MR) is 194 cm³/mol. The van der Waals surface area contributed by atoms with Gasteiger partial charge in [-0.05, 0) is 96.8 Å². The number of benzene rings is 2. The van der Waals surface area contributed by atoms with Gasteiger partial charge in [0.15, 0.2) is 0 Å². The second kappa shape index (κ2) is 17.2. The van der Waals surface area contributed by atoms with Gasteiger partial charge in [-0.1, -0.05) is 90.1 Å². The Bertz CT molecular complexity index is 1220. The van der Waals surface area contributed by atoms with E-state index in [2.05, 4.69) is 111 Å². The van der Waals surface area contributed by atoms with E-state index >= 15 is 0 Å². The van der Waals surface area contributed by atoms with Crippen molar-refractivity contribution in [2.24, 2.45) is 34.5 Å². The van der Waals surface area contributed by atoms with E-state index in [-0.39, 0.29) is 34.5 Å². The summed E-state index contributed by atoms with van der Waals surface area (Å²) in [6.45, 7) is 22.5. The van der Waals surface area contributed by atoms with Crippen LogP contribution in [0.5, 0.6) is 0 Å². The molecule has 2 aromatic carbocycles. The van der Waals surface area contributed by atoms with Crippen molar-refractivity contribution >= 4 is 11.9 Å². The first kappa shape index (κ1) is 38.0. The molecule has 48 heavy (non-hydrogen) atoms. The largest absolute Gasteiger partial charge is 0.481 e. The fourth-order valence-corrected chi connectivity index (χ4v) is 7.74. The van der Waals surface area contributed by atoms with Crippen molar-refractivity contribution in [1.82, 2.24) is 20.4 Å². The lowest BCUT2D eigenvalue weighted by Crippen LogP contribution is -2.41. The van der Waals surface area contributed by atoms with E-state index in [1.165, 1.54) is 11.1 Å². The number of nitrogens with zero attached hydrogens (tertiary/aromatic N) is 2. The van der Waals surface area contributed by atoms with Gasteiger partial charge in [-0.3, -0.25) is 19.4 Å². The molecule has 4 unspecified atom stereocenters. The molecule has 0 bridgehead atoms. The zero-order chi connectivity index (χ0) is 34.9. The summed E-state index contributed by atoms with van der Waals surface area (Å²) < 4.78 is 0. The molecule has 0 saturated carbocycles. The maximum atomic E-state index is 12.2. The van der Waals surface area contributed by atoms with Crippen LogP contribution < -0.4 is 10.6 Å². The van der Waals surface area contributed by atoms with E-state index < -0.39 is 11.9 Å². The molecule has 2 aliphatic rings. The van der Waals surface area contributed by atoms with Gasteiger partial charge in [-0.25, -0.2) is 0 Å². The third-order valence-corrected chi connectivity index (χ3v) is 9.80. The topological polar surface area (TPSA) is 105 Å².